The van der Waals surface area contributed by atoms with Gasteiger partial charge in [-0.1, -0.05) is 246 Å². The molecule has 0 N–H and O–H groups in total. The molecule has 0 fully saturated rings. The summed E-state index contributed by atoms with van der Waals surface area (Å²) in [6, 6.07) is 0. The Morgan fingerprint density at radius 2 is 0.527 bits per heavy atom. The van der Waals surface area contributed by atoms with Crippen LogP contribution in [0.5, 0.6) is 0 Å². The van der Waals surface area contributed by atoms with Crippen molar-refractivity contribution in [2.45, 2.75) is 290 Å². The Balaban J connectivity index is 4.47. The van der Waals surface area contributed by atoms with Crippen molar-refractivity contribution >= 4 is 17.9 Å². The molecule has 0 aromatic carbocycles. The Morgan fingerprint density at radius 1 is 0.284 bits per heavy atom. The van der Waals surface area contributed by atoms with E-state index >= 15 is 0 Å². The van der Waals surface area contributed by atoms with Crippen LogP contribution in [-0.2, 0) is 28.6 Å². The number of hydrogen-bond acceptors (Lipinski definition) is 6. The van der Waals surface area contributed by atoms with Crippen molar-refractivity contribution in [3.8, 4) is 0 Å². The number of ether oxygens (including phenoxy) is 3. The molecule has 6 heteroatoms. The molecule has 0 aliphatic heterocycles. The summed E-state index contributed by atoms with van der Waals surface area (Å²) in [7, 11) is 0. The van der Waals surface area contributed by atoms with E-state index in [1.165, 1.54) is 109 Å². The van der Waals surface area contributed by atoms with Crippen molar-refractivity contribution in [1.82, 2.24) is 0 Å². The number of hydrogen-bond donors (Lipinski definition) is 0. The van der Waals surface area contributed by atoms with Crippen LogP contribution >= 0.6 is 0 Å². The summed E-state index contributed by atoms with van der Waals surface area (Å²) in [5.74, 6) is -0.922. The minimum atomic E-state index is -0.798. The molecule has 0 radical (unpaired) electrons. The van der Waals surface area contributed by atoms with Crippen molar-refractivity contribution < 1.29 is 28.6 Å². The molecular weight excluding hydrogens is 913 g/mol. The zero-order valence-corrected chi connectivity index (χ0v) is 48.3. The second-order valence-corrected chi connectivity index (χ2v) is 20.2. The minimum absolute atomic E-state index is 0.0934. The van der Waals surface area contributed by atoms with Crippen molar-refractivity contribution in [3.63, 3.8) is 0 Å². The molecule has 0 saturated heterocycles. The van der Waals surface area contributed by atoms with Gasteiger partial charge in [-0.2, -0.15) is 0 Å². The molecule has 0 heterocycles. The normalized spacial score (nSPS) is 12.9. The predicted octanol–water partition coefficient (Wildman–Crippen LogP) is 21.0. The van der Waals surface area contributed by atoms with Crippen LogP contribution in [0.4, 0.5) is 0 Å². The van der Waals surface area contributed by atoms with Crippen LogP contribution in [0, 0.1) is 0 Å². The van der Waals surface area contributed by atoms with Crippen LogP contribution in [0.1, 0.15) is 284 Å². The van der Waals surface area contributed by atoms with Crippen LogP contribution in [-0.4, -0.2) is 37.2 Å². The summed E-state index contributed by atoms with van der Waals surface area (Å²) in [5.41, 5.74) is 0. The molecule has 1 unspecified atom stereocenters. The van der Waals surface area contributed by atoms with Crippen LogP contribution in [0.15, 0.2) is 109 Å². The molecule has 0 spiro atoms. The van der Waals surface area contributed by atoms with Crippen LogP contribution in [0.2, 0.25) is 0 Å². The van der Waals surface area contributed by atoms with Gasteiger partial charge in [0.25, 0.3) is 0 Å². The van der Waals surface area contributed by atoms with Crippen LogP contribution in [0.3, 0.4) is 0 Å². The second-order valence-electron chi connectivity index (χ2n) is 20.2. The quantitative estimate of drug-likeness (QED) is 0.0261. The third kappa shape index (κ3) is 59.0. The van der Waals surface area contributed by atoms with Crippen molar-refractivity contribution in [2.75, 3.05) is 13.2 Å². The Labute approximate surface area is 457 Å². The topological polar surface area (TPSA) is 78.9 Å². The number of rotatable bonds is 55. The van der Waals surface area contributed by atoms with Gasteiger partial charge in [0.05, 0.1) is 0 Å². The van der Waals surface area contributed by atoms with E-state index in [1.807, 2.05) is 0 Å². The lowest BCUT2D eigenvalue weighted by atomic mass is 10.1. The zero-order valence-electron chi connectivity index (χ0n) is 48.3. The van der Waals surface area contributed by atoms with E-state index in [0.717, 1.165) is 135 Å². The SMILES string of the molecule is CC/C=C\C/C=C\C/C=C\C/C=C\CCCCCCCCC(=O)OCC(COC(=O)CCCCCCCCC/C=C\C/C=C\CCCCCC)OC(=O)CCCCCCCC/C=C\C/C=C\C/C=C\CCCCC. The van der Waals surface area contributed by atoms with Gasteiger partial charge in [-0.25, -0.2) is 0 Å². The van der Waals surface area contributed by atoms with Gasteiger partial charge >= 0.3 is 17.9 Å². The molecule has 74 heavy (non-hydrogen) atoms. The summed E-state index contributed by atoms with van der Waals surface area (Å²) < 4.78 is 16.9. The number of carbonyl (C=O) groups excluding carboxylic acids is 3. The lowest BCUT2D eigenvalue weighted by Gasteiger charge is -2.18. The summed E-state index contributed by atoms with van der Waals surface area (Å²) in [6.07, 6.45) is 83.6. The maximum atomic E-state index is 12.9. The van der Waals surface area contributed by atoms with E-state index in [9.17, 15) is 14.4 Å². The molecule has 0 saturated carbocycles. The third-order valence-electron chi connectivity index (χ3n) is 13.0. The van der Waals surface area contributed by atoms with Crippen LogP contribution < -0.4 is 0 Å². The fraction of sp³-hybridized carbons (Fsp3) is 0.691. The maximum absolute atomic E-state index is 12.9. The Bertz CT molecular complexity index is 1510. The average Bonchev–Trinajstić information content (AvgIpc) is 3.40. The largest absolute Gasteiger partial charge is 0.462 e. The summed E-state index contributed by atoms with van der Waals surface area (Å²) in [5, 5.41) is 0. The molecule has 0 amide bonds. The van der Waals surface area contributed by atoms with E-state index < -0.39 is 6.10 Å². The zero-order chi connectivity index (χ0) is 53.6. The fourth-order valence-corrected chi connectivity index (χ4v) is 8.35. The molecule has 0 aliphatic carbocycles. The molecule has 1 atom stereocenters. The molecule has 0 bridgehead atoms. The highest BCUT2D eigenvalue weighted by atomic mass is 16.6. The monoisotopic (exact) mass is 1030 g/mol. The Kier molecular flexibility index (Phi) is 58.3. The Hall–Kier alpha value is -3.93. The smallest absolute Gasteiger partial charge is 0.306 e. The van der Waals surface area contributed by atoms with E-state index in [-0.39, 0.29) is 31.1 Å². The molecule has 422 valence electrons. The molecular formula is C68H114O6. The first kappa shape index (κ1) is 70.1. The van der Waals surface area contributed by atoms with Gasteiger partial charge in [-0.15, -0.1) is 0 Å². The second kappa shape index (κ2) is 61.6. The number of esters is 3. The molecule has 0 aromatic rings. The maximum Gasteiger partial charge on any atom is 0.306 e. The molecule has 0 aromatic heterocycles. The number of allylic oxidation sites excluding steroid dienone is 18. The van der Waals surface area contributed by atoms with Gasteiger partial charge in [0.1, 0.15) is 13.2 Å². The van der Waals surface area contributed by atoms with Gasteiger partial charge in [0.2, 0.25) is 0 Å². The van der Waals surface area contributed by atoms with Gasteiger partial charge in [-0.3, -0.25) is 14.4 Å². The van der Waals surface area contributed by atoms with E-state index in [1.54, 1.807) is 0 Å². The van der Waals surface area contributed by atoms with Gasteiger partial charge < -0.3 is 14.2 Å². The number of unbranched alkanes of at least 4 members (excludes halogenated alkanes) is 26. The van der Waals surface area contributed by atoms with Gasteiger partial charge in [0.15, 0.2) is 6.10 Å². The summed E-state index contributed by atoms with van der Waals surface area (Å²) >= 11 is 0. The lowest BCUT2D eigenvalue weighted by molar-refractivity contribution is -0.167. The van der Waals surface area contributed by atoms with Crippen molar-refractivity contribution in [3.05, 3.63) is 109 Å². The first-order valence-electron chi connectivity index (χ1n) is 30.9. The summed E-state index contributed by atoms with van der Waals surface area (Å²) in [4.78, 5) is 38.3. The van der Waals surface area contributed by atoms with E-state index in [0.29, 0.717) is 19.3 Å². The van der Waals surface area contributed by atoms with Gasteiger partial charge in [0, 0.05) is 19.3 Å². The van der Waals surface area contributed by atoms with Crippen molar-refractivity contribution in [2.24, 2.45) is 0 Å². The fourth-order valence-electron chi connectivity index (χ4n) is 8.35. The third-order valence-corrected chi connectivity index (χ3v) is 13.0. The van der Waals surface area contributed by atoms with E-state index in [2.05, 4.69) is 130 Å². The average molecular weight is 1030 g/mol. The lowest BCUT2D eigenvalue weighted by Crippen LogP contribution is -2.30. The standard InChI is InChI=1S/C68H114O6/c1-4-7-10-13-16-19-22-25-28-31-34-37-40-43-46-49-52-55-58-61-67(70)73-64-65(63-72-66(69)60-57-54-51-48-45-42-39-36-33-30-27-24-21-18-15-12-9-6-3)74-68(71)62-59-56-53-50-47-44-41-38-35-32-29-26-23-20-17-14-11-8-5-2/h7,10,16-17,19-21,24-26,28-30,33-35,37-38,65H,4-6,8-9,11-15,18,22-23,27,31-32,36,39-64H2,1-3H3/b10-7-,19-16-,20-17-,24-21-,28-25-,29-26-,33-30-,37-34-,38-35-. The highest BCUT2D eigenvalue weighted by molar-refractivity contribution is 5.71. The highest BCUT2D eigenvalue weighted by Crippen LogP contribution is 2.15. The van der Waals surface area contributed by atoms with Crippen LogP contribution in [0.25, 0.3) is 0 Å². The predicted molar refractivity (Wildman–Crippen MR) is 320 cm³/mol. The Morgan fingerprint density at radius 3 is 0.851 bits per heavy atom. The first-order valence-corrected chi connectivity index (χ1v) is 30.9. The highest BCUT2D eigenvalue weighted by Gasteiger charge is 2.19. The number of carbonyl (C=O) groups is 3. The van der Waals surface area contributed by atoms with Gasteiger partial charge in [-0.05, 0) is 128 Å². The summed E-state index contributed by atoms with van der Waals surface area (Å²) in [6.45, 7) is 6.47. The van der Waals surface area contributed by atoms with Crippen molar-refractivity contribution in [1.29, 1.82) is 0 Å². The molecule has 0 rings (SSSR count). The minimum Gasteiger partial charge on any atom is -0.462 e. The first-order chi connectivity index (χ1) is 36.5. The molecule has 0 aliphatic rings. The van der Waals surface area contributed by atoms with E-state index in [4.69, 9.17) is 14.2 Å². The molecule has 6 nitrogen and oxygen atoms in total.